The van der Waals surface area contributed by atoms with Gasteiger partial charge in [-0.2, -0.15) is 5.26 Å². The zero-order valence-electron chi connectivity index (χ0n) is 20.2. The van der Waals surface area contributed by atoms with Crippen LogP contribution in [0, 0.1) is 18.3 Å². The molecule has 0 radical (unpaired) electrons. The topological polar surface area (TPSA) is 94.5 Å². The standard InChI is InChI=1S/C27H31FN4O3/c1-3-20-14-18(2)24(31-26(34)30-22-8-13-35-17-22)15-23(20)25(33)32-11-9-27(28,10-12-32)21-6-4-19(16-29)5-7-21/h4-7,14-15,22H,3,8-13,17H2,1-2H3,(H2,30,31,34)/t22-/m0/s1. The predicted molar refractivity (Wildman–Crippen MR) is 131 cm³/mol. The Balaban J connectivity index is 1.46. The number of piperidine rings is 1. The van der Waals surface area contributed by atoms with E-state index in [2.05, 4.69) is 10.6 Å². The number of alkyl halides is 1. The lowest BCUT2D eigenvalue weighted by Crippen LogP contribution is -2.43. The Labute approximate surface area is 205 Å². The lowest BCUT2D eigenvalue weighted by Gasteiger charge is -2.37. The number of benzene rings is 2. The molecular formula is C27H31FN4O3. The van der Waals surface area contributed by atoms with Crippen molar-refractivity contribution in [1.82, 2.24) is 10.2 Å². The second-order valence-corrected chi connectivity index (χ2v) is 9.28. The predicted octanol–water partition coefficient (Wildman–Crippen LogP) is 4.44. The van der Waals surface area contributed by atoms with Crippen LogP contribution in [0.2, 0.25) is 0 Å². The molecule has 184 valence electrons. The summed E-state index contributed by atoms with van der Waals surface area (Å²) in [6, 6.07) is 11.9. The SMILES string of the molecule is CCc1cc(C)c(NC(=O)N[C@H]2CCOC2)cc1C(=O)N1CCC(F)(c2ccc(C#N)cc2)CC1. The molecule has 0 aromatic heterocycles. The van der Waals surface area contributed by atoms with Crippen LogP contribution < -0.4 is 10.6 Å². The Hall–Kier alpha value is -3.44. The lowest BCUT2D eigenvalue weighted by atomic mass is 9.85. The van der Waals surface area contributed by atoms with E-state index >= 15 is 4.39 Å². The third kappa shape index (κ3) is 5.46. The van der Waals surface area contributed by atoms with E-state index in [-0.39, 0.29) is 43.9 Å². The number of urea groups is 1. The average molecular weight is 479 g/mol. The summed E-state index contributed by atoms with van der Waals surface area (Å²) in [5.41, 5.74) is 2.38. The molecule has 2 saturated heterocycles. The second-order valence-electron chi connectivity index (χ2n) is 9.28. The summed E-state index contributed by atoms with van der Waals surface area (Å²) in [7, 11) is 0. The van der Waals surface area contributed by atoms with Crippen LogP contribution in [0.5, 0.6) is 0 Å². The minimum absolute atomic E-state index is 0.0169. The normalized spacial score (nSPS) is 19.1. The average Bonchev–Trinajstić information content (AvgIpc) is 3.38. The molecule has 0 saturated carbocycles. The first-order valence-corrected chi connectivity index (χ1v) is 12.1. The Morgan fingerprint density at radius 1 is 1.23 bits per heavy atom. The largest absolute Gasteiger partial charge is 0.379 e. The highest BCUT2D eigenvalue weighted by molar-refractivity contribution is 5.99. The van der Waals surface area contributed by atoms with Crippen molar-refractivity contribution in [2.75, 3.05) is 31.6 Å². The maximum Gasteiger partial charge on any atom is 0.319 e. The number of hydrogen-bond donors (Lipinski definition) is 2. The Morgan fingerprint density at radius 2 is 1.94 bits per heavy atom. The first-order valence-electron chi connectivity index (χ1n) is 12.1. The van der Waals surface area contributed by atoms with E-state index in [1.165, 1.54) is 0 Å². The first kappa shape index (κ1) is 24.7. The molecule has 0 bridgehead atoms. The number of nitrogens with one attached hydrogen (secondary N) is 2. The van der Waals surface area contributed by atoms with E-state index in [1.54, 1.807) is 35.2 Å². The monoisotopic (exact) mass is 478 g/mol. The number of hydrogen-bond acceptors (Lipinski definition) is 4. The molecule has 8 heteroatoms. The molecule has 0 unspecified atom stereocenters. The minimum Gasteiger partial charge on any atom is -0.379 e. The van der Waals surface area contributed by atoms with E-state index in [1.807, 2.05) is 26.0 Å². The van der Waals surface area contributed by atoms with E-state index < -0.39 is 5.67 Å². The summed E-state index contributed by atoms with van der Waals surface area (Å²) < 4.78 is 21.0. The summed E-state index contributed by atoms with van der Waals surface area (Å²) in [4.78, 5) is 27.6. The van der Waals surface area contributed by atoms with Crippen molar-refractivity contribution in [1.29, 1.82) is 5.26 Å². The molecular weight excluding hydrogens is 447 g/mol. The van der Waals surface area contributed by atoms with Gasteiger partial charge in [-0.25, -0.2) is 9.18 Å². The number of carbonyl (C=O) groups excluding carboxylic acids is 2. The number of nitrogens with zero attached hydrogens (tertiary/aromatic N) is 2. The zero-order valence-corrected chi connectivity index (χ0v) is 20.2. The van der Waals surface area contributed by atoms with Crippen LogP contribution in [0.1, 0.15) is 58.8 Å². The maximum atomic E-state index is 15.7. The van der Waals surface area contributed by atoms with Gasteiger partial charge in [0, 0.05) is 43.8 Å². The van der Waals surface area contributed by atoms with Crippen LogP contribution in [-0.4, -0.2) is 49.2 Å². The number of rotatable bonds is 5. The number of anilines is 1. The van der Waals surface area contributed by atoms with Gasteiger partial charge in [-0.05, 0) is 54.7 Å². The van der Waals surface area contributed by atoms with E-state index in [0.717, 1.165) is 17.5 Å². The van der Waals surface area contributed by atoms with Gasteiger partial charge in [0.15, 0.2) is 0 Å². The minimum atomic E-state index is -1.53. The summed E-state index contributed by atoms with van der Waals surface area (Å²) in [6.07, 6.45) is 1.82. The molecule has 1 atom stereocenters. The molecule has 4 rings (SSSR count). The van der Waals surface area contributed by atoms with Crippen LogP contribution in [-0.2, 0) is 16.8 Å². The van der Waals surface area contributed by atoms with E-state index in [4.69, 9.17) is 10.00 Å². The van der Waals surface area contributed by atoms with Gasteiger partial charge in [0.2, 0.25) is 0 Å². The third-order valence-electron chi connectivity index (χ3n) is 6.95. The van der Waals surface area contributed by atoms with Crippen molar-refractivity contribution >= 4 is 17.6 Å². The molecule has 2 aromatic rings. The maximum absolute atomic E-state index is 15.7. The molecule has 3 amide bonds. The highest BCUT2D eigenvalue weighted by Gasteiger charge is 2.38. The quantitative estimate of drug-likeness (QED) is 0.664. The molecule has 2 aliphatic heterocycles. The van der Waals surface area contributed by atoms with Gasteiger partial charge in [0.1, 0.15) is 5.67 Å². The third-order valence-corrected chi connectivity index (χ3v) is 6.95. The Bertz CT molecular complexity index is 1130. The molecule has 2 aliphatic rings. The molecule has 7 nitrogen and oxygen atoms in total. The smallest absolute Gasteiger partial charge is 0.319 e. The lowest BCUT2D eigenvalue weighted by molar-refractivity contribution is 0.0420. The van der Waals surface area contributed by atoms with Crippen molar-refractivity contribution < 1.29 is 18.7 Å². The molecule has 2 heterocycles. The first-order chi connectivity index (χ1) is 16.8. The fraction of sp³-hybridized carbons (Fsp3) is 0.444. The molecule has 0 aliphatic carbocycles. The molecule has 0 spiro atoms. The fourth-order valence-corrected chi connectivity index (χ4v) is 4.75. The summed E-state index contributed by atoms with van der Waals surface area (Å²) in [5, 5.41) is 14.7. The van der Waals surface area contributed by atoms with Gasteiger partial charge in [-0.3, -0.25) is 4.79 Å². The van der Waals surface area contributed by atoms with Gasteiger partial charge in [-0.15, -0.1) is 0 Å². The molecule has 2 fully saturated rings. The number of likely N-dealkylation sites (tertiary alicyclic amines) is 1. The van der Waals surface area contributed by atoms with Crippen molar-refractivity contribution in [2.24, 2.45) is 0 Å². The number of halogens is 1. The van der Waals surface area contributed by atoms with Crippen LogP contribution in [0.15, 0.2) is 36.4 Å². The highest BCUT2D eigenvalue weighted by Crippen LogP contribution is 2.37. The van der Waals surface area contributed by atoms with Crippen LogP contribution in [0.4, 0.5) is 14.9 Å². The van der Waals surface area contributed by atoms with Gasteiger partial charge in [0.05, 0.1) is 24.3 Å². The second kappa shape index (κ2) is 10.4. The zero-order chi connectivity index (χ0) is 25.0. The van der Waals surface area contributed by atoms with Crippen molar-refractivity contribution in [3.8, 4) is 6.07 Å². The van der Waals surface area contributed by atoms with Crippen LogP contribution in [0.3, 0.4) is 0 Å². The summed E-state index contributed by atoms with van der Waals surface area (Å²) in [5.74, 6) is -0.156. The van der Waals surface area contributed by atoms with Crippen molar-refractivity contribution in [3.05, 3.63) is 64.2 Å². The van der Waals surface area contributed by atoms with Crippen molar-refractivity contribution in [2.45, 2.75) is 51.2 Å². The van der Waals surface area contributed by atoms with Crippen LogP contribution in [0.25, 0.3) is 0 Å². The van der Waals surface area contributed by atoms with Crippen LogP contribution >= 0.6 is 0 Å². The highest BCUT2D eigenvalue weighted by atomic mass is 19.1. The number of ether oxygens (including phenoxy) is 1. The molecule has 2 aromatic carbocycles. The Morgan fingerprint density at radius 3 is 2.54 bits per heavy atom. The fourth-order valence-electron chi connectivity index (χ4n) is 4.75. The molecule has 35 heavy (non-hydrogen) atoms. The Kier molecular flexibility index (Phi) is 7.37. The molecule has 2 N–H and O–H groups in total. The van der Waals surface area contributed by atoms with Gasteiger partial charge >= 0.3 is 6.03 Å². The summed E-state index contributed by atoms with van der Waals surface area (Å²) >= 11 is 0. The number of aryl methyl sites for hydroxylation is 2. The van der Waals surface area contributed by atoms with E-state index in [0.29, 0.717) is 42.0 Å². The van der Waals surface area contributed by atoms with Gasteiger partial charge in [-0.1, -0.05) is 25.1 Å². The van der Waals surface area contributed by atoms with E-state index in [9.17, 15) is 9.59 Å². The van der Waals surface area contributed by atoms with Gasteiger partial charge < -0.3 is 20.3 Å². The number of carbonyl (C=O) groups is 2. The van der Waals surface area contributed by atoms with Crippen molar-refractivity contribution in [3.63, 3.8) is 0 Å². The van der Waals surface area contributed by atoms with Gasteiger partial charge in [0.25, 0.3) is 5.91 Å². The summed E-state index contributed by atoms with van der Waals surface area (Å²) in [6.45, 7) is 5.60. The number of nitriles is 1. The number of amides is 3.